The Morgan fingerprint density at radius 2 is 2.29 bits per heavy atom. The molecule has 0 aliphatic rings. The van der Waals surface area contributed by atoms with E-state index in [4.69, 9.17) is 11.6 Å². The maximum atomic E-state index is 5.87. The van der Waals surface area contributed by atoms with Crippen LogP contribution >= 0.6 is 38.9 Å². The minimum Gasteiger partial charge on any atom is -0.308 e. The largest absolute Gasteiger partial charge is 0.308 e. The van der Waals surface area contributed by atoms with Gasteiger partial charge in [-0.3, -0.25) is 0 Å². The molecule has 0 radical (unpaired) electrons. The van der Waals surface area contributed by atoms with Gasteiger partial charge in [0.25, 0.3) is 0 Å². The molecule has 0 spiro atoms. The van der Waals surface area contributed by atoms with Gasteiger partial charge in [0.15, 0.2) is 0 Å². The molecular weight excluding hydrogens is 282 g/mol. The van der Waals surface area contributed by atoms with Crippen molar-refractivity contribution in [2.45, 2.75) is 26.4 Å². The highest BCUT2D eigenvalue weighted by molar-refractivity contribution is 9.10. The maximum absolute atomic E-state index is 5.87. The van der Waals surface area contributed by atoms with Gasteiger partial charge in [-0.2, -0.15) is 0 Å². The first kappa shape index (κ1) is 12.5. The third-order valence-corrected chi connectivity index (χ3v) is 4.45. The van der Waals surface area contributed by atoms with E-state index in [-0.39, 0.29) is 0 Å². The Labute approximate surface area is 103 Å². The lowest BCUT2D eigenvalue weighted by Gasteiger charge is -2.19. The minimum atomic E-state index is 0.394. The zero-order chi connectivity index (χ0) is 10.6. The molecule has 1 aromatic heterocycles. The Morgan fingerprint density at radius 1 is 1.57 bits per heavy atom. The van der Waals surface area contributed by atoms with Crippen molar-refractivity contribution < 1.29 is 0 Å². The molecule has 0 fully saturated rings. The fourth-order valence-corrected chi connectivity index (χ4v) is 3.05. The maximum Gasteiger partial charge on any atom is 0.0380 e. The van der Waals surface area contributed by atoms with Gasteiger partial charge < -0.3 is 5.32 Å². The summed E-state index contributed by atoms with van der Waals surface area (Å²) in [5, 5.41) is 5.55. The van der Waals surface area contributed by atoms with Crippen molar-refractivity contribution in [3.05, 3.63) is 20.8 Å². The van der Waals surface area contributed by atoms with E-state index < -0.39 is 0 Å². The molecule has 1 aromatic rings. The molecule has 1 heterocycles. The van der Waals surface area contributed by atoms with E-state index in [0.29, 0.717) is 17.8 Å². The lowest BCUT2D eigenvalue weighted by molar-refractivity contribution is 0.431. The number of thiophene rings is 1. The Kier molecular flexibility index (Phi) is 5.45. The van der Waals surface area contributed by atoms with Crippen LogP contribution in [0, 0.1) is 5.92 Å². The smallest absolute Gasteiger partial charge is 0.0380 e. The molecule has 1 atom stereocenters. The standard InChI is InChI=1S/C10H15BrClNS/c1-7(2)9(5-12)13-6-10-8(11)3-4-14-10/h3-4,7,9,13H,5-6H2,1-2H3. The quantitative estimate of drug-likeness (QED) is 0.814. The van der Waals surface area contributed by atoms with E-state index in [2.05, 4.69) is 46.5 Å². The van der Waals surface area contributed by atoms with Gasteiger partial charge in [0, 0.05) is 27.8 Å². The third kappa shape index (κ3) is 3.54. The SMILES string of the molecule is CC(C)C(CCl)NCc1sccc1Br. The van der Waals surface area contributed by atoms with Crippen LogP contribution in [0.2, 0.25) is 0 Å². The molecule has 4 heteroatoms. The van der Waals surface area contributed by atoms with E-state index in [0.717, 1.165) is 6.54 Å². The summed E-state index contributed by atoms with van der Waals surface area (Å²) in [5.74, 6) is 1.24. The summed E-state index contributed by atoms with van der Waals surface area (Å²) in [6.07, 6.45) is 0. The van der Waals surface area contributed by atoms with Crippen LogP contribution in [0.5, 0.6) is 0 Å². The molecule has 1 unspecified atom stereocenters. The Balaban J connectivity index is 2.43. The molecule has 0 bridgehead atoms. The van der Waals surface area contributed by atoms with Crippen LogP contribution in [0.4, 0.5) is 0 Å². The fourth-order valence-electron chi connectivity index (χ4n) is 1.14. The van der Waals surface area contributed by atoms with Crippen LogP contribution in [0.1, 0.15) is 18.7 Å². The van der Waals surface area contributed by atoms with Gasteiger partial charge >= 0.3 is 0 Å². The van der Waals surface area contributed by atoms with E-state index >= 15 is 0 Å². The zero-order valence-electron chi connectivity index (χ0n) is 8.39. The molecule has 0 amide bonds. The van der Waals surface area contributed by atoms with Crippen LogP contribution in [-0.2, 0) is 6.54 Å². The average molecular weight is 297 g/mol. The summed E-state index contributed by atoms with van der Waals surface area (Å²) in [7, 11) is 0. The van der Waals surface area contributed by atoms with Crippen LogP contribution in [0.25, 0.3) is 0 Å². The summed E-state index contributed by atoms with van der Waals surface area (Å²) in [4.78, 5) is 1.33. The van der Waals surface area contributed by atoms with Crippen molar-refractivity contribution in [2.75, 3.05) is 5.88 Å². The van der Waals surface area contributed by atoms with Gasteiger partial charge in [-0.1, -0.05) is 13.8 Å². The fraction of sp³-hybridized carbons (Fsp3) is 0.600. The second kappa shape index (κ2) is 6.11. The lowest BCUT2D eigenvalue weighted by atomic mass is 10.1. The van der Waals surface area contributed by atoms with Crippen LogP contribution in [0.3, 0.4) is 0 Å². The minimum absolute atomic E-state index is 0.394. The highest BCUT2D eigenvalue weighted by Crippen LogP contribution is 2.22. The Bertz CT molecular complexity index is 275. The van der Waals surface area contributed by atoms with Gasteiger partial charge in [-0.15, -0.1) is 22.9 Å². The molecule has 0 aliphatic carbocycles. The predicted molar refractivity (Wildman–Crippen MR) is 68.2 cm³/mol. The summed E-state index contributed by atoms with van der Waals surface area (Å²) in [6, 6.07) is 2.47. The van der Waals surface area contributed by atoms with Gasteiger partial charge in [-0.05, 0) is 33.3 Å². The number of hydrogen-bond acceptors (Lipinski definition) is 2. The molecule has 1 rings (SSSR count). The summed E-state index contributed by atoms with van der Waals surface area (Å²) in [6.45, 7) is 5.26. The van der Waals surface area contributed by atoms with E-state index in [1.54, 1.807) is 11.3 Å². The lowest BCUT2D eigenvalue weighted by Crippen LogP contribution is -2.34. The van der Waals surface area contributed by atoms with Gasteiger partial charge in [0.1, 0.15) is 0 Å². The predicted octanol–water partition coefficient (Wildman–Crippen LogP) is 3.86. The number of halogens is 2. The third-order valence-electron chi connectivity index (χ3n) is 2.19. The molecular formula is C10H15BrClNS. The second-order valence-electron chi connectivity index (χ2n) is 3.58. The van der Waals surface area contributed by atoms with Crippen molar-refractivity contribution in [3.8, 4) is 0 Å². The molecule has 1 N–H and O–H groups in total. The molecule has 0 aliphatic heterocycles. The Morgan fingerprint density at radius 3 is 2.71 bits per heavy atom. The van der Waals surface area contributed by atoms with Gasteiger partial charge in [0.05, 0.1) is 0 Å². The molecule has 1 nitrogen and oxygen atoms in total. The second-order valence-corrected chi connectivity index (χ2v) is 5.74. The normalized spacial score (nSPS) is 13.5. The number of nitrogens with one attached hydrogen (secondary N) is 1. The van der Waals surface area contributed by atoms with Crippen molar-refractivity contribution in [1.29, 1.82) is 0 Å². The summed E-state index contributed by atoms with van der Waals surface area (Å²) >= 11 is 11.1. The van der Waals surface area contributed by atoms with Gasteiger partial charge in [0.2, 0.25) is 0 Å². The summed E-state index contributed by atoms with van der Waals surface area (Å²) in [5.41, 5.74) is 0. The topological polar surface area (TPSA) is 12.0 Å². The molecule has 0 saturated carbocycles. The highest BCUT2D eigenvalue weighted by Gasteiger charge is 2.11. The zero-order valence-corrected chi connectivity index (χ0v) is 11.5. The van der Waals surface area contributed by atoms with E-state index in [9.17, 15) is 0 Å². The number of rotatable bonds is 5. The average Bonchev–Trinajstić information content (AvgIpc) is 2.52. The first-order valence-corrected chi connectivity index (χ1v) is 6.87. The monoisotopic (exact) mass is 295 g/mol. The van der Waals surface area contributed by atoms with E-state index in [1.165, 1.54) is 9.35 Å². The number of alkyl halides is 1. The van der Waals surface area contributed by atoms with Crippen LogP contribution in [0.15, 0.2) is 15.9 Å². The molecule has 0 aromatic carbocycles. The van der Waals surface area contributed by atoms with Crippen molar-refractivity contribution in [3.63, 3.8) is 0 Å². The van der Waals surface area contributed by atoms with Crippen molar-refractivity contribution in [2.24, 2.45) is 5.92 Å². The van der Waals surface area contributed by atoms with Crippen molar-refractivity contribution >= 4 is 38.9 Å². The molecule has 80 valence electrons. The van der Waals surface area contributed by atoms with Gasteiger partial charge in [-0.25, -0.2) is 0 Å². The molecule has 0 saturated heterocycles. The van der Waals surface area contributed by atoms with E-state index in [1.807, 2.05) is 0 Å². The summed E-state index contributed by atoms with van der Waals surface area (Å²) < 4.78 is 1.19. The molecule has 14 heavy (non-hydrogen) atoms. The first-order valence-electron chi connectivity index (χ1n) is 4.66. The first-order chi connectivity index (χ1) is 6.65. The van der Waals surface area contributed by atoms with Crippen LogP contribution < -0.4 is 5.32 Å². The van der Waals surface area contributed by atoms with Crippen LogP contribution in [-0.4, -0.2) is 11.9 Å². The highest BCUT2D eigenvalue weighted by atomic mass is 79.9. The number of hydrogen-bond donors (Lipinski definition) is 1. The Hall–Kier alpha value is 0.430. The van der Waals surface area contributed by atoms with Crippen molar-refractivity contribution in [1.82, 2.24) is 5.32 Å².